The van der Waals surface area contributed by atoms with Crippen molar-refractivity contribution in [1.82, 2.24) is 15.1 Å². The van der Waals surface area contributed by atoms with Crippen molar-refractivity contribution in [2.24, 2.45) is 0 Å². The number of hydrogen-bond donors (Lipinski definition) is 1. The van der Waals surface area contributed by atoms with Gasteiger partial charge in [-0.3, -0.25) is 14.3 Å². The molecule has 1 aliphatic heterocycles. The molecular weight excluding hydrogens is 340 g/mol. The third kappa shape index (κ3) is 5.06. The van der Waals surface area contributed by atoms with Crippen LogP contribution in [0, 0.1) is 13.8 Å². The highest BCUT2D eigenvalue weighted by molar-refractivity contribution is 5.95. The second kappa shape index (κ2) is 8.66. The number of nitrogens with zero attached hydrogens (tertiary/aromatic N) is 3. The standard InChI is InChI=1S/C21H26N4O2/c1-16-15-17(2)25(23-16)14-4-12-22-20(26)11-8-18-6-9-19(10-7-18)24-13-3-5-21(24)27/h6-11,15H,3-5,12-14H2,1-2H3,(H,22,26)/b11-8+. The van der Waals surface area contributed by atoms with Gasteiger partial charge in [-0.05, 0) is 56.5 Å². The van der Waals surface area contributed by atoms with E-state index in [1.165, 1.54) is 0 Å². The lowest BCUT2D eigenvalue weighted by Crippen LogP contribution is -2.23. The first-order chi connectivity index (χ1) is 13.0. The van der Waals surface area contributed by atoms with Crippen LogP contribution in [-0.2, 0) is 16.1 Å². The van der Waals surface area contributed by atoms with Crippen molar-refractivity contribution in [3.63, 3.8) is 0 Å². The summed E-state index contributed by atoms with van der Waals surface area (Å²) in [7, 11) is 0. The molecule has 0 atom stereocenters. The second-order valence-electron chi connectivity index (χ2n) is 6.87. The lowest BCUT2D eigenvalue weighted by Gasteiger charge is -2.15. The van der Waals surface area contributed by atoms with Crippen LogP contribution < -0.4 is 10.2 Å². The molecule has 142 valence electrons. The Morgan fingerprint density at radius 1 is 1.26 bits per heavy atom. The monoisotopic (exact) mass is 366 g/mol. The van der Waals surface area contributed by atoms with E-state index in [9.17, 15) is 9.59 Å². The zero-order chi connectivity index (χ0) is 19.2. The van der Waals surface area contributed by atoms with Gasteiger partial charge in [0.2, 0.25) is 11.8 Å². The molecule has 1 aliphatic rings. The minimum absolute atomic E-state index is 0.109. The van der Waals surface area contributed by atoms with E-state index >= 15 is 0 Å². The zero-order valence-corrected chi connectivity index (χ0v) is 15.9. The molecule has 0 saturated carbocycles. The largest absolute Gasteiger partial charge is 0.352 e. The molecule has 1 aromatic heterocycles. The second-order valence-corrected chi connectivity index (χ2v) is 6.87. The molecular formula is C21H26N4O2. The van der Waals surface area contributed by atoms with Crippen LogP contribution in [0.1, 0.15) is 36.2 Å². The molecule has 6 heteroatoms. The highest BCUT2D eigenvalue weighted by atomic mass is 16.2. The van der Waals surface area contributed by atoms with Crippen LogP contribution in [0.25, 0.3) is 6.08 Å². The molecule has 1 saturated heterocycles. The lowest BCUT2D eigenvalue weighted by atomic mass is 10.2. The van der Waals surface area contributed by atoms with Gasteiger partial charge in [0.05, 0.1) is 5.69 Å². The summed E-state index contributed by atoms with van der Waals surface area (Å²) in [6.07, 6.45) is 5.70. The first kappa shape index (κ1) is 18.9. The molecule has 27 heavy (non-hydrogen) atoms. The minimum Gasteiger partial charge on any atom is -0.352 e. The maximum Gasteiger partial charge on any atom is 0.244 e. The van der Waals surface area contributed by atoms with Crippen LogP contribution in [0.3, 0.4) is 0 Å². The van der Waals surface area contributed by atoms with Crippen molar-refractivity contribution in [2.45, 2.75) is 39.7 Å². The number of nitrogens with one attached hydrogen (secondary N) is 1. The number of benzene rings is 1. The molecule has 0 spiro atoms. The smallest absolute Gasteiger partial charge is 0.244 e. The summed E-state index contributed by atoms with van der Waals surface area (Å²) in [6.45, 7) is 6.20. The number of hydrogen-bond acceptors (Lipinski definition) is 3. The van der Waals surface area contributed by atoms with Crippen LogP contribution in [0.15, 0.2) is 36.4 Å². The SMILES string of the molecule is Cc1cc(C)n(CCCNC(=O)/C=C/c2ccc(N3CCCC3=O)cc2)n1. The van der Waals surface area contributed by atoms with E-state index in [4.69, 9.17) is 0 Å². The fourth-order valence-electron chi connectivity index (χ4n) is 3.26. The molecule has 0 unspecified atom stereocenters. The fourth-order valence-corrected chi connectivity index (χ4v) is 3.26. The summed E-state index contributed by atoms with van der Waals surface area (Å²) in [5.41, 5.74) is 4.00. The molecule has 2 heterocycles. The number of carbonyl (C=O) groups is 2. The Morgan fingerprint density at radius 3 is 2.67 bits per heavy atom. The van der Waals surface area contributed by atoms with Gasteiger partial charge in [0.15, 0.2) is 0 Å². The van der Waals surface area contributed by atoms with Crippen molar-refractivity contribution in [1.29, 1.82) is 0 Å². The third-order valence-electron chi connectivity index (χ3n) is 4.65. The number of carbonyl (C=O) groups excluding carboxylic acids is 2. The van der Waals surface area contributed by atoms with E-state index in [0.29, 0.717) is 13.0 Å². The van der Waals surface area contributed by atoms with Crippen LogP contribution in [-0.4, -0.2) is 34.7 Å². The highest BCUT2D eigenvalue weighted by Crippen LogP contribution is 2.21. The van der Waals surface area contributed by atoms with E-state index < -0.39 is 0 Å². The molecule has 1 aromatic carbocycles. The van der Waals surface area contributed by atoms with Crippen molar-refractivity contribution >= 4 is 23.6 Å². The van der Waals surface area contributed by atoms with E-state index in [2.05, 4.69) is 10.4 Å². The number of aryl methyl sites for hydroxylation is 3. The lowest BCUT2D eigenvalue weighted by molar-refractivity contribution is -0.117. The number of rotatable bonds is 7. The summed E-state index contributed by atoms with van der Waals surface area (Å²) < 4.78 is 1.96. The van der Waals surface area contributed by atoms with Crippen molar-refractivity contribution < 1.29 is 9.59 Å². The molecule has 2 aromatic rings. The third-order valence-corrected chi connectivity index (χ3v) is 4.65. The summed E-state index contributed by atoms with van der Waals surface area (Å²) >= 11 is 0. The van der Waals surface area contributed by atoms with Gasteiger partial charge in [-0.2, -0.15) is 5.10 Å². The molecule has 2 amide bonds. The highest BCUT2D eigenvalue weighted by Gasteiger charge is 2.21. The van der Waals surface area contributed by atoms with Gasteiger partial charge < -0.3 is 10.2 Å². The maximum atomic E-state index is 11.9. The first-order valence-corrected chi connectivity index (χ1v) is 9.40. The number of anilines is 1. The molecule has 0 aliphatic carbocycles. The molecule has 0 bridgehead atoms. The van der Waals surface area contributed by atoms with E-state index in [-0.39, 0.29) is 11.8 Å². The molecule has 0 radical (unpaired) electrons. The Hall–Kier alpha value is -2.89. The average molecular weight is 366 g/mol. The fraction of sp³-hybridized carbons (Fsp3) is 0.381. The van der Waals surface area contributed by atoms with E-state index in [0.717, 1.165) is 48.6 Å². The van der Waals surface area contributed by atoms with Crippen LogP contribution >= 0.6 is 0 Å². The van der Waals surface area contributed by atoms with Crippen molar-refractivity contribution in [3.8, 4) is 0 Å². The Balaban J connectivity index is 1.42. The van der Waals surface area contributed by atoms with Gasteiger partial charge in [-0.25, -0.2) is 0 Å². The summed E-state index contributed by atoms with van der Waals surface area (Å²) in [4.78, 5) is 25.5. The minimum atomic E-state index is -0.109. The Kier molecular flexibility index (Phi) is 6.06. The van der Waals surface area contributed by atoms with Gasteiger partial charge in [-0.15, -0.1) is 0 Å². The zero-order valence-electron chi connectivity index (χ0n) is 15.9. The Labute approximate surface area is 159 Å². The van der Waals surface area contributed by atoms with Crippen LogP contribution in [0.4, 0.5) is 5.69 Å². The summed E-state index contributed by atoms with van der Waals surface area (Å²) in [5.74, 6) is 0.0697. The van der Waals surface area contributed by atoms with Gasteiger partial charge in [0.25, 0.3) is 0 Å². The number of amides is 2. The normalized spacial score (nSPS) is 14.3. The summed E-state index contributed by atoms with van der Waals surface area (Å²) in [6, 6.07) is 9.75. The van der Waals surface area contributed by atoms with E-state index in [1.807, 2.05) is 53.8 Å². The van der Waals surface area contributed by atoms with E-state index in [1.54, 1.807) is 12.2 Å². The maximum absolute atomic E-state index is 11.9. The predicted octanol–water partition coefficient (Wildman–Crippen LogP) is 2.85. The van der Waals surface area contributed by atoms with Gasteiger partial charge in [0.1, 0.15) is 0 Å². The number of aromatic nitrogens is 2. The van der Waals surface area contributed by atoms with Crippen molar-refractivity contribution in [3.05, 3.63) is 53.4 Å². The van der Waals surface area contributed by atoms with Gasteiger partial charge >= 0.3 is 0 Å². The molecule has 1 N–H and O–H groups in total. The van der Waals surface area contributed by atoms with Gasteiger partial charge in [0, 0.05) is 43.5 Å². The predicted molar refractivity (Wildman–Crippen MR) is 106 cm³/mol. The van der Waals surface area contributed by atoms with Crippen LogP contribution in [0.5, 0.6) is 0 Å². The topological polar surface area (TPSA) is 67.2 Å². The van der Waals surface area contributed by atoms with Crippen molar-refractivity contribution in [2.75, 3.05) is 18.0 Å². The first-order valence-electron chi connectivity index (χ1n) is 9.40. The average Bonchev–Trinajstić information content (AvgIpc) is 3.22. The molecule has 1 fully saturated rings. The van der Waals surface area contributed by atoms with Crippen LogP contribution in [0.2, 0.25) is 0 Å². The Bertz CT molecular complexity index is 836. The Morgan fingerprint density at radius 2 is 2.04 bits per heavy atom. The molecule has 3 rings (SSSR count). The van der Waals surface area contributed by atoms with Gasteiger partial charge in [-0.1, -0.05) is 12.1 Å². The summed E-state index contributed by atoms with van der Waals surface area (Å²) in [5, 5.41) is 7.30. The quantitative estimate of drug-likeness (QED) is 0.605. The molecule has 6 nitrogen and oxygen atoms in total.